The van der Waals surface area contributed by atoms with Crippen molar-refractivity contribution >= 4 is 21.4 Å². The first-order valence-corrected chi connectivity index (χ1v) is 13.2. The second-order valence-corrected chi connectivity index (χ2v) is 10.6. The van der Waals surface area contributed by atoms with Gasteiger partial charge in [0.1, 0.15) is 11.5 Å². The number of amides is 1. The summed E-state index contributed by atoms with van der Waals surface area (Å²) in [6.45, 7) is 0.262. The Labute approximate surface area is 218 Å². The number of halogens is 1. The lowest BCUT2D eigenvalue weighted by Crippen LogP contribution is -2.23. The Balaban J connectivity index is 1.44. The second kappa shape index (κ2) is 10.3. The molecule has 0 saturated heterocycles. The van der Waals surface area contributed by atoms with Gasteiger partial charge in [-0.25, -0.2) is 17.8 Å². The number of carbonyl (C=O) groups is 1. The van der Waals surface area contributed by atoms with E-state index in [1.165, 1.54) is 47.1 Å². The van der Waals surface area contributed by atoms with Gasteiger partial charge >= 0.3 is 0 Å². The maximum absolute atomic E-state index is 13.3. The van der Waals surface area contributed by atoms with Gasteiger partial charge in [0, 0.05) is 55.1 Å². The second-order valence-electron chi connectivity index (χ2n) is 8.62. The van der Waals surface area contributed by atoms with Gasteiger partial charge < -0.3 is 9.72 Å². The summed E-state index contributed by atoms with van der Waals surface area (Å²) in [6.07, 6.45) is 7.04. The van der Waals surface area contributed by atoms with Crippen LogP contribution in [0.4, 0.5) is 4.39 Å². The molecule has 8 nitrogen and oxygen atoms in total. The van der Waals surface area contributed by atoms with Crippen molar-refractivity contribution in [3.05, 3.63) is 119 Å². The van der Waals surface area contributed by atoms with E-state index in [1.807, 2.05) is 28.9 Å². The van der Waals surface area contributed by atoms with Crippen LogP contribution in [0, 0.1) is 17.7 Å². The molecular formula is C28H22FN5O3S. The Morgan fingerprint density at radius 1 is 1.00 bits per heavy atom. The zero-order valence-electron chi connectivity index (χ0n) is 20.3. The topological polar surface area (TPSA) is 98.4 Å². The highest BCUT2D eigenvalue weighted by atomic mass is 32.2. The van der Waals surface area contributed by atoms with E-state index >= 15 is 0 Å². The third kappa shape index (κ3) is 5.63. The lowest BCUT2D eigenvalue weighted by molar-refractivity contribution is 0.0950. The molecule has 38 heavy (non-hydrogen) atoms. The number of nitrogens with one attached hydrogen (secondary N) is 1. The maximum Gasteiger partial charge on any atom is 0.251 e. The fourth-order valence-corrected chi connectivity index (χ4v) is 5.29. The number of hydrogen-bond acceptors (Lipinski definition) is 5. The number of aromatic nitrogens is 4. The number of nitrogens with zero attached hydrogens (tertiary/aromatic N) is 4. The van der Waals surface area contributed by atoms with Crippen molar-refractivity contribution in [2.75, 3.05) is 0 Å². The first-order chi connectivity index (χ1) is 18.3. The first kappa shape index (κ1) is 24.9. The van der Waals surface area contributed by atoms with Crippen LogP contribution in [0.15, 0.2) is 90.3 Å². The normalized spacial score (nSPS) is 11.2. The molecule has 10 heteroatoms. The lowest BCUT2D eigenvalue weighted by atomic mass is 10.1. The van der Waals surface area contributed by atoms with E-state index in [1.54, 1.807) is 25.5 Å². The van der Waals surface area contributed by atoms with Crippen LogP contribution in [-0.2, 0) is 29.2 Å². The fraction of sp³-hybridized carbons (Fsp3) is 0.107. The number of fused-ring (bicyclic) bond motifs is 1. The van der Waals surface area contributed by atoms with Crippen molar-refractivity contribution in [2.45, 2.75) is 17.2 Å². The molecule has 3 heterocycles. The van der Waals surface area contributed by atoms with Crippen LogP contribution < -0.4 is 5.32 Å². The summed E-state index contributed by atoms with van der Waals surface area (Å²) < 4.78 is 43.3. The molecule has 190 valence electrons. The number of sulfone groups is 1. The van der Waals surface area contributed by atoms with Crippen molar-refractivity contribution < 1.29 is 17.6 Å². The third-order valence-corrected chi connectivity index (χ3v) is 7.49. The predicted molar refractivity (Wildman–Crippen MR) is 139 cm³/mol. The van der Waals surface area contributed by atoms with Crippen LogP contribution in [0.1, 0.15) is 32.7 Å². The Morgan fingerprint density at radius 2 is 1.82 bits per heavy atom. The number of pyridine rings is 1. The van der Waals surface area contributed by atoms with Gasteiger partial charge in [-0.2, -0.15) is 5.10 Å². The maximum atomic E-state index is 13.3. The minimum absolute atomic E-state index is 0.0147. The highest BCUT2D eigenvalue weighted by Crippen LogP contribution is 2.22. The van der Waals surface area contributed by atoms with Crippen LogP contribution >= 0.6 is 0 Å². The number of aryl methyl sites for hydroxylation is 1. The summed E-state index contributed by atoms with van der Waals surface area (Å²) in [7, 11) is -2.13. The number of hydrogen-bond donors (Lipinski definition) is 1. The van der Waals surface area contributed by atoms with Gasteiger partial charge in [-0.15, -0.1) is 0 Å². The molecule has 0 fully saturated rings. The van der Waals surface area contributed by atoms with E-state index in [2.05, 4.69) is 27.2 Å². The molecule has 0 atom stereocenters. The molecule has 0 aliphatic carbocycles. The fourth-order valence-electron chi connectivity index (χ4n) is 3.87. The molecule has 0 aliphatic rings. The number of benzene rings is 2. The van der Waals surface area contributed by atoms with Gasteiger partial charge in [0.15, 0.2) is 9.84 Å². The smallest absolute Gasteiger partial charge is 0.251 e. The Kier molecular flexibility index (Phi) is 6.77. The Hall–Kier alpha value is -4.75. The zero-order chi connectivity index (χ0) is 26.7. The van der Waals surface area contributed by atoms with Gasteiger partial charge in [-0.05, 0) is 66.2 Å². The molecule has 5 aromatic rings. The molecule has 2 aromatic carbocycles. The molecule has 0 bridgehead atoms. The minimum Gasteiger partial charge on any atom is -0.348 e. The quantitative estimate of drug-likeness (QED) is 0.341. The molecule has 1 amide bonds. The summed E-state index contributed by atoms with van der Waals surface area (Å²) in [4.78, 5) is 17.2. The van der Waals surface area contributed by atoms with E-state index in [0.717, 1.165) is 11.2 Å². The van der Waals surface area contributed by atoms with Crippen LogP contribution in [-0.4, -0.2) is 33.5 Å². The molecule has 3 aromatic heterocycles. The number of rotatable bonds is 6. The standard InChI is InChI=1S/C28H22FN5O3S/c1-33-13-11-25(32-33)19-38(36,37)26-9-6-23(17-22(26)5-2-20-3-7-24(29)8-4-20)28(35)31-18-21-10-14-34-15-12-30-27(34)16-21/h3-4,6-17H,18-19H2,1H3,(H,31,35). The van der Waals surface area contributed by atoms with Crippen LogP contribution in [0.2, 0.25) is 0 Å². The zero-order valence-corrected chi connectivity index (χ0v) is 21.1. The van der Waals surface area contributed by atoms with Crippen LogP contribution in [0.5, 0.6) is 0 Å². The van der Waals surface area contributed by atoms with Crippen molar-refractivity contribution in [3.63, 3.8) is 0 Å². The van der Waals surface area contributed by atoms with Crippen LogP contribution in [0.25, 0.3) is 5.65 Å². The van der Waals surface area contributed by atoms with E-state index < -0.39 is 15.7 Å². The highest BCUT2D eigenvalue weighted by molar-refractivity contribution is 7.90. The van der Waals surface area contributed by atoms with Gasteiger partial charge in [0.2, 0.25) is 0 Å². The molecule has 5 rings (SSSR count). The first-order valence-electron chi connectivity index (χ1n) is 11.6. The number of imidazole rings is 1. The average molecular weight is 528 g/mol. The summed E-state index contributed by atoms with van der Waals surface area (Å²) in [6, 6.07) is 15.2. The van der Waals surface area contributed by atoms with E-state index in [9.17, 15) is 17.6 Å². The van der Waals surface area contributed by atoms with Crippen molar-refractivity contribution in [3.8, 4) is 11.8 Å². The highest BCUT2D eigenvalue weighted by Gasteiger charge is 2.22. The van der Waals surface area contributed by atoms with Gasteiger partial charge in [-0.3, -0.25) is 9.48 Å². The Morgan fingerprint density at radius 3 is 2.58 bits per heavy atom. The van der Waals surface area contributed by atoms with E-state index in [0.29, 0.717) is 11.3 Å². The van der Waals surface area contributed by atoms with Crippen molar-refractivity contribution in [1.29, 1.82) is 0 Å². The van der Waals surface area contributed by atoms with E-state index in [-0.39, 0.29) is 34.2 Å². The molecule has 0 unspecified atom stereocenters. The molecule has 0 saturated carbocycles. The predicted octanol–water partition coefficient (Wildman–Crippen LogP) is 3.51. The molecule has 0 radical (unpaired) electrons. The lowest BCUT2D eigenvalue weighted by Gasteiger charge is -2.10. The van der Waals surface area contributed by atoms with Crippen molar-refractivity contribution in [1.82, 2.24) is 24.5 Å². The monoisotopic (exact) mass is 527 g/mol. The van der Waals surface area contributed by atoms with Gasteiger partial charge in [-0.1, -0.05) is 11.8 Å². The summed E-state index contributed by atoms with van der Waals surface area (Å²) >= 11 is 0. The SMILES string of the molecule is Cn1ccc(CS(=O)(=O)c2ccc(C(=O)NCc3ccn4ccnc4c3)cc2C#Cc2ccc(F)cc2)n1. The summed E-state index contributed by atoms with van der Waals surface area (Å²) in [5, 5.41) is 7.02. The molecular weight excluding hydrogens is 505 g/mol. The summed E-state index contributed by atoms with van der Waals surface area (Å²) in [5.41, 5.74) is 2.94. The van der Waals surface area contributed by atoms with Gasteiger partial charge in [0.25, 0.3) is 5.91 Å². The molecule has 0 aliphatic heterocycles. The average Bonchev–Trinajstić information content (AvgIpc) is 3.54. The minimum atomic E-state index is -3.83. The largest absolute Gasteiger partial charge is 0.348 e. The summed E-state index contributed by atoms with van der Waals surface area (Å²) in [5.74, 6) is 4.63. The molecule has 0 spiro atoms. The van der Waals surface area contributed by atoms with Crippen LogP contribution in [0.3, 0.4) is 0 Å². The Bertz CT molecular complexity index is 1810. The van der Waals surface area contributed by atoms with E-state index in [4.69, 9.17) is 0 Å². The molecule has 1 N–H and O–H groups in total. The van der Waals surface area contributed by atoms with Crippen molar-refractivity contribution in [2.24, 2.45) is 7.05 Å². The number of carbonyl (C=O) groups excluding carboxylic acids is 1. The van der Waals surface area contributed by atoms with Gasteiger partial charge in [0.05, 0.1) is 16.3 Å². The third-order valence-electron chi connectivity index (χ3n) is 5.78.